The number of hydrogen-bond acceptors (Lipinski definition) is 3. The van der Waals surface area contributed by atoms with E-state index in [4.69, 9.17) is 11.6 Å². The van der Waals surface area contributed by atoms with Gasteiger partial charge in [0.1, 0.15) is 5.82 Å². The predicted octanol–water partition coefficient (Wildman–Crippen LogP) is 3.48. The highest BCUT2D eigenvalue weighted by molar-refractivity contribution is 6.34. The topological polar surface area (TPSA) is 74.8 Å². The van der Waals surface area contributed by atoms with Crippen LogP contribution in [0.25, 0.3) is 11.3 Å². The van der Waals surface area contributed by atoms with Crippen LogP contribution in [0.1, 0.15) is 10.4 Å². The molecule has 1 aromatic heterocycles. The van der Waals surface area contributed by atoms with Crippen LogP contribution in [0.5, 0.6) is 0 Å². The summed E-state index contributed by atoms with van der Waals surface area (Å²) in [4.78, 5) is 23.3. The Bertz CT molecular complexity index is 931. The summed E-state index contributed by atoms with van der Waals surface area (Å²) in [5, 5.41) is 8.89. The van der Waals surface area contributed by atoms with Crippen LogP contribution < -0.4 is 10.9 Å². The van der Waals surface area contributed by atoms with Crippen molar-refractivity contribution in [1.29, 1.82) is 0 Å². The van der Waals surface area contributed by atoms with Crippen LogP contribution in [0, 0.1) is 5.82 Å². The molecule has 1 amide bonds. The number of anilines is 1. The van der Waals surface area contributed by atoms with E-state index >= 15 is 0 Å². The van der Waals surface area contributed by atoms with Gasteiger partial charge in [-0.1, -0.05) is 29.8 Å². The average molecular weight is 344 g/mol. The lowest BCUT2D eigenvalue weighted by atomic mass is 10.1. The minimum atomic E-state index is -0.696. The van der Waals surface area contributed by atoms with E-state index in [-0.39, 0.29) is 16.1 Å². The Hall–Kier alpha value is -2.99. The van der Waals surface area contributed by atoms with Crippen molar-refractivity contribution in [3.8, 4) is 11.3 Å². The largest absolute Gasteiger partial charge is 0.322 e. The molecule has 0 spiro atoms. The number of H-pyrrole nitrogens is 1. The second kappa shape index (κ2) is 6.64. The summed E-state index contributed by atoms with van der Waals surface area (Å²) in [6.07, 6.45) is 0. The summed E-state index contributed by atoms with van der Waals surface area (Å²) in [6.45, 7) is 0. The lowest BCUT2D eigenvalue weighted by Gasteiger charge is -2.09. The fourth-order valence-electron chi connectivity index (χ4n) is 2.17. The van der Waals surface area contributed by atoms with Gasteiger partial charge in [0.25, 0.3) is 11.5 Å². The Kier molecular flexibility index (Phi) is 4.39. The fraction of sp³-hybridized carbons (Fsp3) is 0. The summed E-state index contributed by atoms with van der Waals surface area (Å²) < 4.78 is 13.8. The van der Waals surface area contributed by atoms with Crippen LogP contribution in [-0.4, -0.2) is 16.1 Å². The summed E-state index contributed by atoms with van der Waals surface area (Å²) >= 11 is 5.89. The van der Waals surface area contributed by atoms with E-state index in [1.165, 1.54) is 24.3 Å². The maximum Gasteiger partial charge on any atom is 0.264 e. The Labute approximate surface area is 141 Å². The normalized spacial score (nSPS) is 10.4. The number of amides is 1. The van der Waals surface area contributed by atoms with Gasteiger partial charge in [0.05, 0.1) is 16.3 Å². The zero-order valence-corrected chi connectivity index (χ0v) is 13.0. The zero-order valence-electron chi connectivity index (χ0n) is 12.2. The second-order valence-corrected chi connectivity index (χ2v) is 5.35. The number of carbonyl (C=O) groups is 1. The molecule has 5 nitrogen and oxygen atoms in total. The molecule has 2 aromatic carbocycles. The highest BCUT2D eigenvalue weighted by Gasteiger charge is 2.16. The maximum absolute atomic E-state index is 13.8. The highest BCUT2D eigenvalue weighted by atomic mass is 35.5. The average Bonchev–Trinajstić information content (AvgIpc) is 2.55. The first-order valence-electron chi connectivity index (χ1n) is 6.96. The minimum Gasteiger partial charge on any atom is -0.322 e. The third-order valence-electron chi connectivity index (χ3n) is 3.29. The van der Waals surface area contributed by atoms with Crippen LogP contribution in [0.2, 0.25) is 5.02 Å². The van der Waals surface area contributed by atoms with Gasteiger partial charge in [-0.2, -0.15) is 5.10 Å². The van der Waals surface area contributed by atoms with Crippen LogP contribution in [0.4, 0.5) is 10.1 Å². The monoisotopic (exact) mass is 343 g/mol. The molecule has 1 heterocycles. The van der Waals surface area contributed by atoms with Crippen molar-refractivity contribution in [2.75, 3.05) is 5.32 Å². The number of rotatable bonds is 3. The van der Waals surface area contributed by atoms with E-state index in [9.17, 15) is 14.0 Å². The first-order valence-corrected chi connectivity index (χ1v) is 7.34. The molecule has 3 rings (SSSR count). The second-order valence-electron chi connectivity index (χ2n) is 4.94. The fourth-order valence-corrected chi connectivity index (χ4v) is 2.42. The third kappa shape index (κ3) is 3.33. The molecule has 0 atom stereocenters. The van der Waals surface area contributed by atoms with Crippen molar-refractivity contribution in [3.63, 3.8) is 0 Å². The molecule has 3 aromatic rings. The molecule has 120 valence electrons. The van der Waals surface area contributed by atoms with Crippen molar-refractivity contribution >= 4 is 23.2 Å². The number of benzene rings is 2. The Morgan fingerprint density at radius 3 is 2.62 bits per heavy atom. The van der Waals surface area contributed by atoms with Gasteiger partial charge >= 0.3 is 0 Å². The van der Waals surface area contributed by atoms with Gasteiger partial charge in [0, 0.05) is 17.3 Å². The summed E-state index contributed by atoms with van der Waals surface area (Å²) in [5.41, 5.74) is 1.15. The quantitative estimate of drug-likeness (QED) is 0.764. The SMILES string of the molecule is O=C(Nc1cccc(-c2ccc(=O)[nH]n2)c1)c1c(F)cccc1Cl. The molecule has 0 bridgehead atoms. The van der Waals surface area contributed by atoms with E-state index in [0.29, 0.717) is 16.9 Å². The third-order valence-corrected chi connectivity index (χ3v) is 3.60. The molecule has 0 aliphatic rings. The van der Waals surface area contributed by atoms with Crippen molar-refractivity contribution in [1.82, 2.24) is 10.2 Å². The van der Waals surface area contributed by atoms with Crippen molar-refractivity contribution in [2.24, 2.45) is 0 Å². The number of aromatic amines is 1. The van der Waals surface area contributed by atoms with Crippen LogP contribution in [0.15, 0.2) is 59.4 Å². The molecule has 0 radical (unpaired) electrons. The van der Waals surface area contributed by atoms with Gasteiger partial charge in [-0.25, -0.2) is 9.49 Å². The van der Waals surface area contributed by atoms with Gasteiger partial charge < -0.3 is 5.32 Å². The van der Waals surface area contributed by atoms with E-state index in [1.54, 1.807) is 30.3 Å². The van der Waals surface area contributed by atoms with Crippen molar-refractivity contribution < 1.29 is 9.18 Å². The van der Waals surface area contributed by atoms with Crippen molar-refractivity contribution in [2.45, 2.75) is 0 Å². The number of nitrogens with zero attached hydrogens (tertiary/aromatic N) is 1. The molecule has 0 saturated heterocycles. The number of aromatic nitrogens is 2. The van der Waals surface area contributed by atoms with E-state index in [2.05, 4.69) is 15.5 Å². The Balaban J connectivity index is 1.88. The molecule has 7 heteroatoms. The predicted molar refractivity (Wildman–Crippen MR) is 89.7 cm³/mol. The molecule has 0 aliphatic carbocycles. The Morgan fingerprint density at radius 1 is 1.12 bits per heavy atom. The van der Waals surface area contributed by atoms with E-state index in [0.717, 1.165) is 0 Å². The number of hydrogen-bond donors (Lipinski definition) is 2. The minimum absolute atomic E-state index is 0.0333. The standard InChI is InChI=1S/C17H11ClFN3O2/c18-12-5-2-6-13(19)16(12)17(24)20-11-4-1-3-10(9-11)14-7-8-15(23)22-21-14/h1-9H,(H,20,24)(H,22,23). The molecule has 0 unspecified atom stereocenters. The van der Waals surface area contributed by atoms with E-state index < -0.39 is 11.7 Å². The van der Waals surface area contributed by atoms with E-state index in [1.807, 2.05) is 0 Å². The molecule has 0 fully saturated rings. The van der Waals surface area contributed by atoms with Gasteiger partial charge in [-0.15, -0.1) is 0 Å². The van der Waals surface area contributed by atoms with Crippen LogP contribution in [0.3, 0.4) is 0 Å². The first-order chi connectivity index (χ1) is 11.5. The maximum atomic E-state index is 13.8. The van der Waals surface area contributed by atoms with Crippen LogP contribution in [-0.2, 0) is 0 Å². The molecular formula is C17H11ClFN3O2. The summed E-state index contributed by atoms with van der Waals surface area (Å²) in [5.74, 6) is -1.34. The number of nitrogens with one attached hydrogen (secondary N) is 2. The van der Waals surface area contributed by atoms with Crippen molar-refractivity contribution in [3.05, 3.63) is 81.4 Å². The molecule has 2 N–H and O–H groups in total. The first kappa shape index (κ1) is 15.9. The smallest absolute Gasteiger partial charge is 0.264 e. The number of halogens is 2. The molecule has 24 heavy (non-hydrogen) atoms. The lowest BCUT2D eigenvalue weighted by Crippen LogP contribution is -2.14. The van der Waals surface area contributed by atoms with Crippen LogP contribution >= 0.6 is 11.6 Å². The molecular weight excluding hydrogens is 333 g/mol. The van der Waals surface area contributed by atoms with Gasteiger partial charge in [0.2, 0.25) is 0 Å². The Morgan fingerprint density at radius 2 is 1.92 bits per heavy atom. The van der Waals surface area contributed by atoms with Gasteiger partial charge in [-0.05, 0) is 30.3 Å². The summed E-state index contributed by atoms with van der Waals surface area (Å²) in [7, 11) is 0. The zero-order chi connectivity index (χ0) is 17.1. The van der Waals surface area contributed by atoms with Gasteiger partial charge in [0.15, 0.2) is 0 Å². The molecule has 0 saturated carbocycles. The highest BCUT2D eigenvalue weighted by Crippen LogP contribution is 2.23. The van der Waals surface area contributed by atoms with Gasteiger partial charge in [-0.3, -0.25) is 9.59 Å². The molecule has 0 aliphatic heterocycles. The number of carbonyl (C=O) groups excluding carboxylic acids is 1. The lowest BCUT2D eigenvalue weighted by molar-refractivity contribution is 0.102. The summed E-state index contributed by atoms with van der Waals surface area (Å²) in [6, 6.07) is 13.8.